The Hall–Kier alpha value is -2.20. The van der Waals surface area contributed by atoms with E-state index >= 15 is 0 Å². The molecule has 0 saturated heterocycles. The highest BCUT2D eigenvalue weighted by molar-refractivity contribution is 5.53. The van der Waals surface area contributed by atoms with E-state index in [0.29, 0.717) is 0 Å². The van der Waals surface area contributed by atoms with Crippen molar-refractivity contribution in [3.05, 3.63) is 66.2 Å². The van der Waals surface area contributed by atoms with Crippen LogP contribution in [0.1, 0.15) is 17.2 Å². The zero-order chi connectivity index (χ0) is 12.4. The largest absolute Gasteiger partial charge is 0.324 e. The number of nitrogens with zero attached hydrogens (tertiary/aromatic N) is 3. The van der Waals surface area contributed by atoms with E-state index in [1.807, 2.05) is 30.6 Å². The van der Waals surface area contributed by atoms with Gasteiger partial charge in [-0.15, -0.1) is 0 Å². The molecule has 0 bridgehead atoms. The monoisotopic (exact) mass is 238 g/mol. The molecule has 1 atom stereocenters. The molecule has 4 heteroatoms. The number of aromatic nitrogens is 3. The Balaban J connectivity index is 1.90. The molecule has 0 radical (unpaired) electrons. The SMILES string of the molecule is NC(Cc1ccccc1)c1cnn2ccncc12. The van der Waals surface area contributed by atoms with Crippen molar-refractivity contribution < 1.29 is 0 Å². The molecule has 18 heavy (non-hydrogen) atoms. The van der Waals surface area contributed by atoms with Crippen LogP contribution in [0.2, 0.25) is 0 Å². The van der Waals surface area contributed by atoms with Gasteiger partial charge in [-0.2, -0.15) is 5.10 Å². The second-order valence-electron chi connectivity index (χ2n) is 4.30. The quantitative estimate of drug-likeness (QED) is 0.759. The van der Waals surface area contributed by atoms with Gasteiger partial charge in [0, 0.05) is 24.0 Å². The molecule has 2 heterocycles. The van der Waals surface area contributed by atoms with E-state index in [4.69, 9.17) is 5.73 Å². The molecule has 0 aliphatic rings. The lowest BCUT2D eigenvalue weighted by molar-refractivity contribution is 0.727. The molecule has 2 N–H and O–H groups in total. The molecule has 0 aliphatic carbocycles. The van der Waals surface area contributed by atoms with Crippen molar-refractivity contribution in [2.45, 2.75) is 12.5 Å². The number of nitrogens with two attached hydrogens (primary N) is 1. The molecule has 1 unspecified atom stereocenters. The summed E-state index contributed by atoms with van der Waals surface area (Å²) in [6.07, 6.45) is 7.97. The van der Waals surface area contributed by atoms with Gasteiger partial charge in [0.25, 0.3) is 0 Å². The summed E-state index contributed by atoms with van der Waals surface area (Å²) >= 11 is 0. The van der Waals surface area contributed by atoms with Crippen molar-refractivity contribution in [2.24, 2.45) is 5.73 Å². The number of benzene rings is 1. The van der Waals surface area contributed by atoms with Crippen LogP contribution in [0.3, 0.4) is 0 Å². The van der Waals surface area contributed by atoms with Gasteiger partial charge < -0.3 is 5.73 Å². The minimum absolute atomic E-state index is 0.0610. The summed E-state index contributed by atoms with van der Waals surface area (Å²) in [5.41, 5.74) is 9.49. The fraction of sp³-hybridized carbons (Fsp3) is 0.143. The second kappa shape index (κ2) is 4.58. The Labute approximate surface area is 105 Å². The van der Waals surface area contributed by atoms with Crippen LogP contribution in [0.4, 0.5) is 0 Å². The summed E-state index contributed by atoms with van der Waals surface area (Å²) < 4.78 is 1.80. The van der Waals surface area contributed by atoms with E-state index in [0.717, 1.165) is 17.5 Å². The van der Waals surface area contributed by atoms with Crippen molar-refractivity contribution in [2.75, 3.05) is 0 Å². The summed E-state index contributed by atoms with van der Waals surface area (Å²) in [6.45, 7) is 0. The molecule has 0 aliphatic heterocycles. The van der Waals surface area contributed by atoms with Crippen LogP contribution in [0, 0.1) is 0 Å². The fourth-order valence-corrected chi connectivity index (χ4v) is 2.12. The van der Waals surface area contributed by atoms with Gasteiger partial charge in [-0.05, 0) is 12.0 Å². The van der Waals surface area contributed by atoms with E-state index in [9.17, 15) is 0 Å². The third-order valence-electron chi connectivity index (χ3n) is 3.05. The molecular weight excluding hydrogens is 224 g/mol. The van der Waals surface area contributed by atoms with Crippen LogP contribution in [0.25, 0.3) is 5.52 Å². The van der Waals surface area contributed by atoms with Crippen LogP contribution < -0.4 is 5.73 Å². The van der Waals surface area contributed by atoms with Gasteiger partial charge in [-0.1, -0.05) is 30.3 Å². The van der Waals surface area contributed by atoms with Crippen LogP contribution in [0.15, 0.2) is 55.1 Å². The minimum atomic E-state index is -0.0610. The van der Waals surface area contributed by atoms with Crippen molar-refractivity contribution in [1.29, 1.82) is 0 Å². The highest BCUT2D eigenvalue weighted by atomic mass is 15.2. The average molecular weight is 238 g/mol. The highest BCUT2D eigenvalue weighted by Gasteiger charge is 2.12. The van der Waals surface area contributed by atoms with Gasteiger partial charge >= 0.3 is 0 Å². The molecule has 2 aromatic heterocycles. The lowest BCUT2D eigenvalue weighted by atomic mass is 10.0. The van der Waals surface area contributed by atoms with E-state index < -0.39 is 0 Å². The normalized spacial score (nSPS) is 12.7. The third-order valence-corrected chi connectivity index (χ3v) is 3.05. The van der Waals surface area contributed by atoms with Crippen molar-refractivity contribution in [3.63, 3.8) is 0 Å². The van der Waals surface area contributed by atoms with Crippen LogP contribution >= 0.6 is 0 Å². The van der Waals surface area contributed by atoms with Gasteiger partial charge in [0.05, 0.1) is 17.9 Å². The molecule has 1 aromatic carbocycles. The van der Waals surface area contributed by atoms with E-state index in [-0.39, 0.29) is 6.04 Å². The van der Waals surface area contributed by atoms with E-state index in [1.165, 1.54) is 5.56 Å². The Kier molecular flexibility index (Phi) is 2.78. The smallest absolute Gasteiger partial charge is 0.0892 e. The van der Waals surface area contributed by atoms with Gasteiger partial charge in [0.15, 0.2) is 0 Å². The maximum Gasteiger partial charge on any atom is 0.0892 e. The topological polar surface area (TPSA) is 56.2 Å². The first-order valence-corrected chi connectivity index (χ1v) is 5.91. The Bertz CT molecular complexity index is 645. The standard InChI is InChI=1S/C14H14N4/c15-13(8-11-4-2-1-3-5-11)12-9-17-18-7-6-16-10-14(12)18/h1-7,9-10,13H,8,15H2. The van der Waals surface area contributed by atoms with Crippen molar-refractivity contribution in [1.82, 2.24) is 14.6 Å². The molecule has 3 rings (SSSR count). The fourth-order valence-electron chi connectivity index (χ4n) is 2.12. The Morgan fingerprint density at radius 2 is 2.00 bits per heavy atom. The third kappa shape index (κ3) is 1.98. The molecular formula is C14H14N4. The first-order valence-electron chi connectivity index (χ1n) is 5.91. The predicted molar refractivity (Wildman–Crippen MR) is 70.1 cm³/mol. The van der Waals surface area contributed by atoms with Gasteiger partial charge in [-0.25, -0.2) is 4.52 Å². The molecule has 4 nitrogen and oxygen atoms in total. The average Bonchev–Trinajstić information content (AvgIpc) is 2.84. The van der Waals surface area contributed by atoms with Crippen molar-refractivity contribution in [3.8, 4) is 0 Å². The highest BCUT2D eigenvalue weighted by Crippen LogP contribution is 2.19. The molecule has 0 spiro atoms. The van der Waals surface area contributed by atoms with Crippen molar-refractivity contribution >= 4 is 5.52 Å². The zero-order valence-electron chi connectivity index (χ0n) is 9.90. The first-order chi connectivity index (χ1) is 8.84. The zero-order valence-corrected chi connectivity index (χ0v) is 9.90. The first kappa shape index (κ1) is 10.9. The summed E-state index contributed by atoms with van der Waals surface area (Å²) in [4.78, 5) is 4.12. The van der Waals surface area contributed by atoms with Crippen LogP contribution in [-0.2, 0) is 6.42 Å². The summed E-state index contributed by atoms with van der Waals surface area (Å²) in [6, 6.07) is 10.2. The molecule has 90 valence electrons. The number of fused-ring (bicyclic) bond motifs is 1. The van der Waals surface area contributed by atoms with Gasteiger partial charge in [0.1, 0.15) is 0 Å². The molecule has 0 amide bonds. The number of rotatable bonds is 3. The lowest BCUT2D eigenvalue weighted by Crippen LogP contribution is -2.13. The Morgan fingerprint density at radius 1 is 1.17 bits per heavy atom. The van der Waals surface area contributed by atoms with Gasteiger partial charge in [0.2, 0.25) is 0 Å². The second-order valence-corrected chi connectivity index (χ2v) is 4.30. The summed E-state index contributed by atoms with van der Waals surface area (Å²) in [5.74, 6) is 0. The minimum Gasteiger partial charge on any atom is -0.324 e. The van der Waals surface area contributed by atoms with Gasteiger partial charge in [-0.3, -0.25) is 4.98 Å². The van der Waals surface area contributed by atoms with Crippen LogP contribution in [-0.4, -0.2) is 14.6 Å². The maximum atomic E-state index is 6.26. The van der Waals surface area contributed by atoms with E-state index in [1.54, 1.807) is 16.9 Å². The summed E-state index contributed by atoms with van der Waals surface area (Å²) in [7, 11) is 0. The molecule has 0 saturated carbocycles. The molecule has 0 fully saturated rings. The predicted octanol–water partition coefficient (Wildman–Crippen LogP) is 1.97. The number of hydrogen-bond acceptors (Lipinski definition) is 3. The number of hydrogen-bond donors (Lipinski definition) is 1. The maximum absolute atomic E-state index is 6.26. The van der Waals surface area contributed by atoms with E-state index in [2.05, 4.69) is 22.2 Å². The molecule has 3 aromatic rings. The lowest BCUT2D eigenvalue weighted by Gasteiger charge is -2.10. The summed E-state index contributed by atoms with van der Waals surface area (Å²) in [5, 5.41) is 4.28. The Morgan fingerprint density at radius 3 is 2.83 bits per heavy atom. The van der Waals surface area contributed by atoms with Crippen LogP contribution in [0.5, 0.6) is 0 Å².